The highest BCUT2D eigenvalue weighted by molar-refractivity contribution is 6.74. The van der Waals surface area contributed by atoms with Gasteiger partial charge in [-0.2, -0.15) is 0 Å². The maximum Gasteiger partial charge on any atom is 0.303 e. The van der Waals surface area contributed by atoms with Crippen LogP contribution in [0.4, 0.5) is 0 Å². The molecule has 59 heavy (non-hydrogen) atoms. The largest absolute Gasteiger partial charge is 0.544 e. The molecule has 0 radical (unpaired) electrons. The molecule has 1 saturated carbocycles. The third-order valence-electron chi connectivity index (χ3n) is 11.5. The minimum atomic E-state index is -2.92. The van der Waals surface area contributed by atoms with Crippen molar-refractivity contribution in [3.05, 3.63) is 47.2 Å². The van der Waals surface area contributed by atoms with Gasteiger partial charge < -0.3 is 42.3 Å². The van der Waals surface area contributed by atoms with Crippen molar-refractivity contribution in [2.45, 2.75) is 128 Å². The minimum absolute atomic E-state index is 0.121. The van der Waals surface area contributed by atoms with Crippen LogP contribution in [-0.4, -0.2) is 122 Å². The molecule has 5 aliphatic rings. The van der Waals surface area contributed by atoms with Gasteiger partial charge in [0.25, 0.3) is 0 Å². The van der Waals surface area contributed by atoms with Gasteiger partial charge in [0.2, 0.25) is 31.1 Å². The number of esters is 5. The summed E-state index contributed by atoms with van der Waals surface area (Å²) in [5, 5.41) is -0.489. The molecular weight excluding hydrogens is 797 g/mol. The number of carbonyl (C=O) groups is 9. The highest BCUT2D eigenvalue weighted by Gasteiger charge is 2.92. The molecule has 318 valence electrons. The number of benzene rings is 1. The van der Waals surface area contributed by atoms with Gasteiger partial charge in [-0.05, 0) is 24.2 Å². The molecule has 19 heteroatoms. The Morgan fingerprint density at radius 3 is 1.68 bits per heavy atom. The average molecular weight is 843 g/mol. The van der Waals surface area contributed by atoms with Crippen LogP contribution in [0.2, 0.25) is 18.1 Å². The van der Waals surface area contributed by atoms with Crippen molar-refractivity contribution in [2.75, 3.05) is 6.61 Å². The fourth-order valence-electron chi connectivity index (χ4n) is 7.99. The predicted molar refractivity (Wildman–Crippen MR) is 197 cm³/mol. The standard InChI is InChI=1S/C40H46O18Si/c1-17(41)50-16-26-30(52-19(3)43)31(53-20(4)44)32(54-21(5)45)37(56-26)55-24-15-25(57-59(9,10)38(6,7)8)29(51-18(2)42)28-27(24)35(48)39-33(46)22-13-11-12-14-23(22)34(47)40(39,58-39)36(28)49/h11-15,24,26-32,37H,16H2,1-10H3/t24-,26+,27-,28-,29-,30+,31-,32+,37+,39+,40-/m0/s1. The van der Waals surface area contributed by atoms with Crippen LogP contribution in [0.15, 0.2) is 36.1 Å². The maximum atomic E-state index is 15.1. The van der Waals surface area contributed by atoms with E-state index in [9.17, 15) is 33.6 Å². The van der Waals surface area contributed by atoms with Gasteiger partial charge in [0, 0.05) is 45.7 Å². The number of Topliss-reactive ketones (excluding diaryl/α,β-unsaturated/α-hetero) is 4. The summed E-state index contributed by atoms with van der Waals surface area (Å²) in [5.74, 6) is -12.0. The summed E-state index contributed by atoms with van der Waals surface area (Å²) >= 11 is 0. The van der Waals surface area contributed by atoms with Crippen LogP contribution in [0, 0.1) is 11.8 Å². The number of fused-ring (bicyclic) bond motifs is 2. The molecule has 11 atom stereocenters. The molecule has 0 aromatic heterocycles. The van der Waals surface area contributed by atoms with Crippen molar-refractivity contribution in [3.8, 4) is 0 Å². The summed E-state index contributed by atoms with van der Waals surface area (Å²) in [6.07, 6.45) is -10.3. The van der Waals surface area contributed by atoms with Gasteiger partial charge in [-0.15, -0.1) is 0 Å². The second kappa shape index (κ2) is 15.2. The SMILES string of the molecule is CC(=O)OC[C@H]1O[C@@H](O[C@H]2C=C(O[Si](C)(C)C(C)(C)C)[C@H](OC(C)=O)[C@H]3C(=O)[C@]45O[C@]4(C(=O)c4ccccc4C5=O)C(=O)[C@H]32)[C@H](OC(C)=O)[C@@H](OC(C)=O)[C@@H]1OC(C)=O. The Bertz CT molecular complexity index is 2070. The third-order valence-corrected chi connectivity index (χ3v) is 15.9. The Labute approximate surface area is 339 Å². The summed E-state index contributed by atoms with van der Waals surface area (Å²) in [4.78, 5) is 121. The monoisotopic (exact) mass is 842 g/mol. The minimum Gasteiger partial charge on any atom is -0.544 e. The first-order chi connectivity index (χ1) is 27.4. The van der Waals surface area contributed by atoms with E-state index in [0.717, 1.165) is 34.6 Å². The third kappa shape index (κ3) is 7.20. The topological polar surface area (TPSA) is 240 Å². The molecule has 18 nitrogen and oxygen atoms in total. The van der Waals surface area contributed by atoms with Crippen molar-refractivity contribution in [2.24, 2.45) is 11.8 Å². The van der Waals surface area contributed by atoms with E-state index in [1.165, 1.54) is 30.3 Å². The van der Waals surface area contributed by atoms with E-state index in [0.29, 0.717) is 0 Å². The van der Waals surface area contributed by atoms with Gasteiger partial charge in [-0.25, -0.2) is 0 Å². The van der Waals surface area contributed by atoms with E-state index in [1.807, 2.05) is 33.9 Å². The van der Waals surface area contributed by atoms with Crippen LogP contribution in [-0.2, 0) is 75.9 Å². The Morgan fingerprint density at radius 1 is 0.695 bits per heavy atom. The molecule has 1 aromatic carbocycles. The van der Waals surface area contributed by atoms with Gasteiger partial charge in [0.05, 0.1) is 17.9 Å². The first kappa shape index (κ1) is 43.5. The fourth-order valence-corrected chi connectivity index (χ4v) is 9.07. The Balaban J connectivity index is 1.54. The molecule has 0 bridgehead atoms. The van der Waals surface area contributed by atoms with E-state index in [1.54, 1.807) is 0 Å². The van der Waals surface area contributed by atoms with E-state index in [-0.39, 0.29) is 16.9 Å². The van der Waals surface area contributed by atoms with Crippen LogP contribution in [0.25, 0.3) is 0 Å². The smallest absolute Gasteiger partial charge is 0.303 e. The van der Waals surface area contributed by atoms with Crippen molar-refractivity contribution < 1.29 is 85.5 Å². The number of epoxide rings is 1. The van der Waals surface area contributed by atoms with Gasteiger partial charge in [0.1, 0.15) is 18.5 Å². The number of ether oxygens (including phenoxy) is 8. The lowest BCUT2D eigenvalue weighted by Crippen LogP contribution is -2.68. The summed E-state index contributed by atoms with van der Waals surface area (Å²) in [7, 11) is -2.92. The molecule has 2 saturated heterocycles. The zero-order valence-electron chi connectivity index (χ0n) is 34.1. The van der Waals surface area contributed by atoms with Crippen LogP contribution in [0.5, 0.6) is 0 Å². The highest BCUT2D eigenvalue weighted by atomic mass is 28.4. The number of carbonyl (C=O) groups excluding carboxylic acids is 9. The molecule has 1 aromatic rings. The molecular formula is C40H46O18Si. The normalized spacial score (nSPS) is 33.5. The van der Waals surface area contributed by atoms with Crippen LogP contribution < -0.4 is 0 Å². The maximum absolute atomic E-state index is 15.1. The van der Waals surface area contributed by atoms with Crippen molar-refractivity contribution >= 4 is 61.3 Å². The quantitative estimate of drug-likeness (QED) is 0.108. The molecule has 3 fully saturated rings. The van der Waals surface area contributed by atoms with Gasteiger partial charge >= 0.3 is 29.8 Å². The van der Waals surface area contributed by atoms with Crippen LogP contribution in [0.1, 0.15) is 76.1 Å². The Kier molecular flexibility index (Phi) is 11.2. The molecule has 0 N–H and O–H groups in total. The van der Waals surface area contributed by atoms with Gasteiger partial charge in [0.15, 0.2) is 42.3 Å². The second-order valence-corrected chi connectivity index (χ2v) is 21.3. The number of rotatable bonds is 10. The summed E-state index contributed by atoms with van der Waals surface area (Å²) in [6, 6.07) is 5.64. The summed E-state index contributed by atoms with van der Waals surface area (Å²) in [5.41, 5.74) is -5.48. The molecule has 0 amide bonds. The van der Waals surface area contributed by atoms with Gasteiger partial charge in [-0.1, -0.05) is 45.0 Å². The van der Waals surface area contributed by atoms with Crippen molar-refractivity contribution in [1.82, 2.24) is 0 Å². The van der Waals surface area contributed by atoms with Gasteiger partial charge in [-0.3, -0.25) is 43.2 Å². The van der Waals surface area contributed by atoms with Crippen molar-refractivity contribution in [1.29, 1.82) is 0 Å². The second-order valence-electron chi connectivity index (χ2n) is 16.6. The average Bonchev–Trinajstić information content (AvgIpc) is 3.85. The zero-order valence-corrected chi connectivity index (χ0v) is 35.1. The molecule has 2 heterocycles. The molecule has 3 aliphatic carbocycles. The molecule has 2 aliphatic heterocycles. The molecule has 6 rings (SSSR count). The van der Waals surface area contributed by atoms with Crippen molar-refractivity contribution in [3.63, 3.8) is 0 Å². The number of hydrogen-bond donors (Lipinski definition) is 0. The first-order valence-electron chi connectivity index (χ1n) is 18.9. The number of hydrogen-bond acceptors (Lipinski definition) is 18. The van der Waals surface area contributed by atoms with E-state index in [2.05, 4.69) is 0 Å². The molecule has 0 spiro atoms. The lowest BCUT2D eigenvalue weighted by molar-refractivity contribution is -0.317. The van der Waals surface area contributed by atoms with E-state index < -0.39 is 139 Å². The van der Waals surface area contributed by atoms with E-state index >= 15 is 9.59 Å². The van der Waals surface area contributed by atoms with Crippen LogP contribution >= 0.6 is 0 Å². The number of ketones is 4. The lowest BCUT2D eigenvalue weighted by Gasteiger charge is -2.49. The first-order valence-corrected chi connectivity index (χ1v) is 21.8. The fraction of sp³-hybridized carbons (Fsp3) is 0.575. The molecule has 0 unspecified atom stereocenters. The zero-order chi connectivity index (χ0) is 43.7. The highest BCUT2D eigenvalue weighted by Crippen LogP contribution is 2.64. The Hall–Kier alpha value is -5.11. The van der Waals surface area contributed by atoms with Crippen LogP contribution in [0.3, 0.4) is 0 Å². The Morgan fingerprint density at radius 2 is 1.19 bits per heavy atom. The summed E-state index contributed by atoms with van der Waals surface area (Å²) in [6.45, 7) is 14.2. The van der Waals surface area contributed by atoms with E-state index in [4.69, 9.17) is 42.3 Å². The predicted octanol–water partition coefficient (Wildman–Crippen LogP) is 2.28. The summed E-state index contributed by atoms with van der Waals surface area (Å²) < 4.78 is 52.8. The lowest BCUT2D eigenvalue weighted by atomic mass is 9.56.